The van der Waals surface area contributed by atoms with Gasteiger partial charge in [-0.15, -0.1) is 18.9 Å². The molecule has 2 fully saturated rings. The van der Waals surface area contributed by atoms with Crippen LogP contribution in [0.15, 0.2) is 12.7 Å². The molecule has 1 saturated heterocycles. The molecule has 12 nitrogen and oxygen atoms in total. The first kappa shape index (κ1) is 41.8. The van der Waals surface area contributed by atoms with Gasteiger partial charge in [0.2, 0.25) is 17.6 Å². The summed E-state index contributed by atoms with van der Waals surface area (Å²) in [4.78, 5) is 69.1. The van der Waals surface area contributed by atoms with Gasteiger partial charge in [-0.05, 0) is 63.7 Å². The second-order valence-electron chi connectivity index (χ2n) is 15.9. The highest BCUT2D eigenvalue weighted by molar-refractivity contribution is 7.92. The molecule has 1 saturated carbocycles. The predicted octanol–water partition coefficient (Wildman–Crippen LogP) is 3.26. The minimum absolute atomic E-state index is 0.00966. The van der Waals surface area contributed by atoms with Crippen molar-refractivity contribution in [3.8, 4) is 12.3 Å². The molecular weight excluding hydrogens is 646 g/mol. The van der Waals surface area contributed by atoms with E-state index in [1.54, 1.807) is 41.5 Å². The van der Waals surface area contributed by atoms with Crippen molar-refractivity contribution in [3.05, 3.63) is 12.7 Å². The molecule has 2 aliphatic rings. The fraction of sp³-hybridized carbons (Fsp3) is 0.750. The first-order valence-corrected chi connectivity index (χ1v) is 19.0. The number of Topliss-reactive ketones (excluding diaryl/α,β-unsaturated/α-hetero) is 1. The van der Waals surface area contributed by atoms with Crippen LogP contribution >= 0.6 is 0 Å². The maximum absolute atomic E-state index is 14.4. The number of nitrogens with zero attached hydrogens (tertiary/aromatic N) is 1. The van der Waals surface area contributed by atoms with E-state index in [4.69, 9.17) is 6.42 Å². The van der Waals surface area contributed by atoms with Gasteiger partial charge in [-0.1, -0.05) is 60.0 Å². The first-order chi connectivity index (χ1) is 22.6. The standard InChI is InChI=1S/C36H59N5O7S/c1-11-13-17-26(28(42)31(44)37-21-12-2)38-30(43)27-25(24(3)4)18-22-41(27)32(45)29(34(5,6)7)39-33(46)40-36(19-15-14-16-20-36)23-49(47,48)35(8,9)10/h1,12,24-27,29H,2,13-23H2,3-10H3,(H,37,44)(H,38,43)(H2,39,40,46)/t25?,26?,27-,29+/m0/s1. The molecule has 0 bridgehead atoms. The van der Waals surface area contributed by atoms with E-state index in [1.807, 2.05) is 13.8 Å². The van der Waals surface area contributed by atoms with Gasteiger partial charge in [0, 0.05) is 19.5 Å². The lowest BCUT2D eigenvalue weighted by atomic mass is 9.83. The number of carbonyl (C=O) groups excluding carboxylic acids is 5. The Bertz CT molecular complexity index is 1380. The van der Waals surface area contributed by atoms with Crippen molar-refractivity contribution in [1.29, 1.82) is 0 Å². The lowest BCUT2D eigenvalue weighted by Crippen LogP contribution is -2.64. The molecule has 276 valence electrons. The van der Waals surface area contributed by atoms with Gasteiger partial charge in [0.25, 0.3) is 5.91 Å². The summed E-state index contributed by atoms with van der Waals surface area (Å²) in [6.07, 6.45) is 11.0. The molecule has 1 aliphatic heterocycles. The highest BCUT2D eigenvalue weighted by Crippen LogP contribution is 2.35. The number of likely N-dealkylation sites (tertiary alicyclic amines) is 1. The molecule has 0 aromatic heterocycles. The summed E-state index contributed by atoms with van der Waals surface area (Å²) < 4.78 is 25.6. The Morgan fingerprint density at radius 3 is 2.14 bits per heavy atom. The zero-order valence-electron chi connectivity index (χ0n) is 30.7. The van der Waals surface area contributed by atoms with Gasteiger partial charge >= 0.3 is 6.03 Å². The number of hydrogen-bond donors (Lipinski definition) is 4. The second kappa shape index (κ2) is 17.0. The molecule has 0 spiro atoms. The van der Waals surface area contributed by atoms with Crippen molar-refractivity contribution in [3.63, 3.8) is 0 Å². The highest BCUT2D eigenvalue weighted by atomic mass is 32.2. The fourth-order valence-electron chi connectivity index (χ4n) is 6.60. The van der Waals surface area contributed by atoms with Crippen LogP contribution in [0, 0.1) is 29.6 Å². The third-order valence-electron chi connectivity index (χ3n) is 9.67. The molecule has 4 N–H and O–H groups in total. The van der Waals surface area contributed by atoms with Gasteiger partial charge in [-0.2, -0.15) is 0 Å². The van der Waals surface area contributed by atoms with Gasteiger partial charge in [0.1, 0.15) is 12.1 Å². The van der Waals surface area contributed by atoms with E-state index in [2.05, 4.69) is 33.8 Å². The molecule has 0 aromatic carbocycles. The zero-order chi connectivity index (χ0) is 37.4. The number of rotatable bonds is 14. The van der Waals surface area contributed by atoms with Crippen LogP contribution in [0.3, 0.4) is 0 Å². The lowest BCUT2D eigenvalue weighted by Gasteiger charge is -2.41. The minimum atomic E-state index is -3.58. The molecule has 1 aliphatic carbocycles. The van der Waals surface area contributed by atoms with Crippen LogP contribution in [0.2, 0.25) is 0 Å². The molecule has 2 rings (SSSR count). The van der Waals surface area contributed by atoms with Crippen molar-refractivity contribution < 1.29 is 32.4 Å². The zero-order valence-corrected chi connectivity index (χ0v) is 31.6. The van der Waals surface area contributed by atoms with Crippen LogP contribution in [0.5, 0.6) is 0 Å². The van der Waals surface area contributed by atoms with Crippen LogP contribution in [0.25, 0.3) is 0 Å². The topological polar surface area (TPSA) is 171 Å². The summed E-state index contributed by atoms with van der Waals surface area (Å²) in [7, 11) is -3.58. The Morgan fingerprint density at radius 1 is 1.02 bits per heavy atom. The normalized spacial score (nSPS) is 20.8. The molecule has 0 radical (unpaired) electrons. The quantitative estimate of drug-likeness (QED) is 0.122. The van der Waals surface area contributed by atoms with Gasteiger partial charge in [0.05, 0.1) is 22.1 Å². The van der Waals surface area contributed by atoms with Gasteiger partial charge < -0.3 is 26.2 Å². The predicted molar refractivity (Wildman–Crippen MR) is 191 cm³/mol. The van der Waals surface area contributed by atoms with E-state index in [0.29, 0.717) is 19.3 Å². The molecular formula is C36H59N5O7S. The smallest absolute Gasteiger partial charge is 0.315 e. The summed E-state index contributed by atoms with van der Waals surface area (Å²) >= 11 is 0. The van der Waals surface area contributed by atoms with E-state index in [0.717, 1.165) is 19.3 Å². The van der Waals surface area contributed by atoms with E-state index in [-0.39, 0.29) is 43.5 Å². The highest BCUT2D eigenvalue weighted by Gasteiger charge is 2.48. The number of hydrogen-bond acceptors (Lipinski definition) is 7. The van der Waals surface area contributed by atoms with Gasteiger partial charge in [-0.25, -0.2) is 13.2 Å². The Labute approximate surface area is 293 Å². The van der Waals surface area contributed by atoms with Crippen LogP contribution in [-0.4, -0.2) is 90.1 Å². The van der Waals surface area contributed by atoms with Gasteiger partial charge in [-0.3, -0.25) is 19.2 Å². The maximum Gasteiger partial charge on any atom is 0.315 e. The summed E-state index contributed by atoms with van der Waals surface area (Å²) in [5.74, 6) is -0.819. The number of ketones is 1. The summed E-state index contributed by atoms with van der Waals surface area (Å²) in [5, 5.41) is 11.0. The fourth-order valence-corrected chi connectivity index (χ4v) is 8.12. The van der Waals surface area contributed by atoms with Crippen molar-refractivity contribution >= 4 is 39.4 Å². The second-order valence-corrected chi connectivity index (χ2v) is 18.7. The lowest BCUT2D eigenvalue weighted by molar-refractivity contribution is -0.144. The van der Waals surface area contributed by atoms with E-state index in [9.17, 15) is 32.4 Å². The van der Waals surface area contributed by atoms with Crippen LogP contribution in [0.1, 0.15) is 107 Å². The van der Waals surface area contributed by atoms with Crippen molar-refractivity contribution in [2.45, 2.75) is 135 Å². The monoisotopic (exact) mass is 705 g/mol. The van der Waals surface area contributed by atoms with Crippen LogP contribution in [0.4, 0.5) is 4.79 Å². The van der Waals surface area contributed by atoms with Crippen LogP contribution < -0.4 is 21.3 Å². The molecule has 5 amide bonds. The summed E-state index contributed by atoms with van der Waals surface area (Å²) in [6, 6.07) is -3.89. The largest absolute Gasteiger partial charge is 0.346 e. The maximum atomic E-state index is 14.4. The van der Waals surface area contributed by atoms with E-state index in [1.165, 1.54) is 11.0 Å². The average molecular weight is 706 g/mol. The Morgan fingerprint density at radius 2 is 1.63 bits per heavy atom. The Hall–Kier alpha value is -3.40. The van der Waals surface area contributed by atoms with Crippen molar-refractivity contribution in [2.24, 2.45) is 17.3 Å². The van der Waals surface area contributed by atoms with Crippen molar-refractivity contribution in [2.75, 3.05) is 18.8 Å². The van der Waals surface area contributed by atoms with Gasteiger partial charge in [0.15, 0.2) is 9.84 Å². The summed E-state index contributed by atoms with van der Waals surface area (Å²) in [5.41, 5.74) is -1.77. The number of terminal acetylenes is 1. The molecule has 0 aromatic rings. The number of nitrogens with one attached hydrogen (secondary N) is 4. The molecule has 2 unspecified atom stereocenters. The molecule has 13 heteroatoms. The molecule has 4 atom stereocenters. The number of carbonyl (C=O) groups is 5. The Balaban J connectivity index is 2.39. The minimum Gasteiger partial charge on any atom is -0.346 e. The Kier molecular flexibility index (Phi) is 14.5. The van der Waals surface area contributed by atoms with E-state index >= 15 is 0 Å². The van der Waals surface area contributed by atoms with Crippen LogP contribution in [-0.2, 0) is 29.0 Å². The summed E-state index contributed by atoms with van der Waals surface area (Å²) in [6.45, 7) is 18.1. The number of amides is 5. The van der Waals surface area contributed by atoms with Crippen molar-refractivity contribution in [1.82, 2.24) is 26.2 Å². The third-order valence-corrected chi connectivity index (χ3v) is 12.5. The number of sulfone groups is 1. The molecule has 49 heavy (non-hydrogen) atoms. The molecule has 1 heterocycles. The van der Waals surface area contributed by atoms with E-state index < -0.39 is 73.2 Å². The average Bonchev–Trinajstić information content (AvgIpc) is 3.45. The number of urea groups is 1. The first-order valence-electron chi connectivity index (χ1n) is 17.4. The third kappa shape index (κ3) is 11.0. The SMILES string of the molecule is C#CCCC(NC(=O)[C@@H]1C(C(C)C)CCN1C(=O)[C@@H](NC(=O)NC1(CS(=O)(=O)C(C)(C)C)CCCCC1)C(C)(C)C)C(=O)C(=O)NCC=C.